The molecule has 0 N–H and O–H groups in total. The normalized spacial score (nSPS) is 13.7. The van der Waals surface area contributed by atoms with Crippen LogP contribution in [0.3, 0.4) is 0 Å². The monoisotopic (exact) mass is 302 g/mol. The molecule has 0 saturated heterocycles. The van der Waals surface area contributed by atoms with E-state index in [2.05, 4.69) is 38.1 Å². The van der Waals surface area contributed by atoms with Crippen molar-refractivity contribution in [2.75, 3.05) is 6.61 Å². The molecule has 0 amide bonds. The van der Waals surface area contributed by atoms with Gasteiger partial charge in [0.05, 0.1) is 12.0 Å². The Kier molecular flexibility index (Phi) is 5.69. The van der Waals surface area contributed by atoms with E-state index >= 15 is 0 Å². The third-order valence-electron chi connectivity index (χ3n) is 3.89. The van der Waals surface area contributed by atoms with Gasteiger partial charge in [-0.25, -0.2) is 0 Å². The second-order valence-electron chi connectivity index (χ2n) is 5.34. The van der Waals surface area contributed by atoms with Crippen molar-refractivity contribution in [2.45, 2.75) is 38.5 Å². The van der Waals surface area contributed by atoms with Crippen molar-refractivity contribution < 1.29 is 4.74 Å². The maximum atomic E-state index is 6.59. The second kappa shape index (κ2) is 7.51. The molecule has 0 saturated carbocycles. The highest BCUT2D eigenvalue weighted by atomic mass is 35.5. The van der Waals surface area contributed by atoms with Gasteiger partial charge in [-0.3, -0.25) is 0 Å². The van der Waals surface area contributed by atoms with Crippen molar-refractivity contribution in [3.05, 3.63) is 65.2 Å². The maximum absolute atomic E-state index is 6.59. The molecule has 112 valence electrons. The molecule has 0 aliphatic rings. The Bertz CT molecular complexity index is 545. The van der Waals surface area contributed by atoms with Crippen molar-refractivity contribution in [2.24, 2.45) is 0 Å². The van der Waals surface area contributed by atoms with Gasteiger partial charge in [0, 0.05) is 0 Å². The summed E-state index contributed by atoms with van der Waals surface area (Å²) < 4.78 is 5.46. The average Bonchev–Trinajstić information content (AvgIpc) is 2.54. The first-order chi connectivity index (χ1) is 10.2. The summed E-state index contributed by atoms with van der Waals surface area (Å²) in [6, 6.07) is 16.7. The minimum atomic E-state index is -0.119. The van der Waals surface area contributed by atoms with E-state index in [9.17, 15) is 0 Å². The summed E-state index contributed by atoms with van der Waals surface area (Å²) in [6.45, 7) is 7.13. The molecular weight excluding hydrogens is 280 g/mol. The summed E-state index contributed by atoms with van der Waals surface area (Å²) >= 11 is 6.59. The fourth-order valence-electron chi connectivity index (χ4n) is 2.32. The van der Waals surface area contributed by atoms with Crippen molar-refractivity contribution in [1.82, 2.24) is 0 Å². The molecule has 1 nitrogen and oxygen atoms in total. The van der Waals surface area contributed by atoms with Crippen LogP contribution in [-0.2, 0) is 0 Å². The summed E-state index contributed by atoms with van der Waals surface area (Å²) in [5.41, 5.74) is 3.60. The molecule has 0 radical (unpaired) electrons. The number of hydrogen-bond donors (Lipinski definition) is 0. The summed E-state index contributed by atoms with van der Waals surface area (Å²) in [4.78, 5) is 0. The SMILES string of the molecule is CCOc1ccc(C(Cl)c2ccc(C(C)CC)cc2)cc1. The second-order valence-corrected chi connectivity index (χ2v) is 5.78. The summed E-state index contributed by atoms with van der Waals surface area (Å²) in [5.74, 6) is 1.48. The smallest absolute Gasteiger partial charge is 0.119 e. The number of alkyl halides is 1. The molecule has 0 spiro atoms. The van der Waals surface area contributed by atoms with Crippen molar-refractivity contribution in [1.29, 1.82) is 0 Å². The van der Waals surface area contributed by atoms with E-state index < -0.39 is 0 Å². The zero-order chi connectivity index (χ0) is 15.2. The molecule has 2 atom stereocenters. The summed E-state index contributed by atoms with van der Waals surface area (Å²) in [7, 11) is 0. The minimum Gasteiger partial charge on any atom is -0.494 e. The fraction of sp³-hybridized carbons (Fsp3) is 0.368. The number of rotatable bonds is 6. The first-order valence-electron chi connectivity index (χ1n) is 7.62. The Balaban J connectivity index is 2.13. The highest BCUT2D eigenvalue weighted by Crippen LogP contribution is 2.31. The number of hydrogen-bond acceptors (Lipinski definition) is 1. The van der Waals surface area contributed by atoms with Crippen LogP contribution in [0.25, 0.3) is 0 Å². The zero-order valence-electron chi connectivity index (χ0n) is 13.0. The van der Waals surface area contributed by atoms with Crippen LogP contribution in [0.5, 0.6) is 5.75 Å². The molecule has 2 rings (SSSR count). The Hall–Kier alpha value is -1.47. The third kappa shape index (κ3) is 4.01. The molecule has 0 aliphatic carbocycles. The lowest BCUT2D eigenvalue weighted by atomic mass is 9.96. The third-order valence-corrected chi connectivity index (χ3v) is 4.40. The molecule has 0 fully saturated rings. The molecule has 2 unspecified atom stereocenters. The Labute approximate surface area is 132 Å². The number of benzene rings is 2. The zero-order valence-corrected chi connectivity index (χ0v) is 13.7. The molecule has 0 bridgehead atoms. The average molecular weight is 303 g/mol. The van der Waals surface area contributed by atoms with E-state index in [-0.39, 0.29) is 5.38 Å². The van der Waals surface area contributed by atoms with Gasteiger partial charge in [0.15, 0.2) is 0 Å². The highest BCUT2D eigenvalue weighted by Gasteiger charge is 2.11. The fourth-order valence-corrected chi connectivity index (χ4v) is 2.61. The van der Waals surface area contributed by atoms with Gasteiger partial charge in [0.25, 0.3) is 0 Å². The van der Waals surface area contributed by atoms with Crippen LogP contribution >= 0.6 is 11.6 Å². The first kappa shape index (κ1) is 15.9. The molecule has 2 aromatic carbocycles. The topological polar surface area (TPSA) is 9.23 Å². The predicted molar refractivity (Wildman–Crippen MR) is 90.5 cm³/mol. The summed E-state index contributed by atoms with van der Waals surface area (Å²) in [5, 5.41) is -0.119. The van der Waals surface area contributed by atoms with Crippen LogP contribution in [0.4, 0.5) is 0 Å². The predicted octanol–water partition coefficient (Wildman–Crippen LogP) is 5.93. The van der Waals surface area contributed by atoms with Crippen LogP contribution in [0, 0.1) is 0 Å². The summed E-state index contributed by atoms with van der Waals surface area (Å²) in [6.07, 6.45) is 1.16. The van der Waals surface area contributed by atoms with E-state index in [1.54, 1.807) is 0 Å². The minimum absolute atomic E-state index is 0.119. The first-order valence-corrected chi connectivity index (χ1v) is 8.06. The van der Waals surface area contributed by atoms with Gasteiger partial charge in [-0.2, -0.15) is 0 Å². The lowest BCUT2D eigenvalue weighted by Crippen LogP contribution is -1.96. The maximum Gasteiger partial charge on any atom is 0.119 e. The number of ether oxygens (including phenoxy) is 1. The molecule has 0 aliphatic heterocycles. The molecule has 0 aromatic heterocycles. The highest BCUT2D eigenvalue weighted by molar-refractivity contribution is 6.22. The molecule has 2 heteroatoms. The largest absolute Gasteiger partial charge is 0.494 e. The Morgan fingerprint density at radius 2 is 1.33 bits per heavy atom. The van der Waals surface area contributed by atoms with Crippen molar-refractivity contribution >= 4 is 11.6 Å². The van der Waals surface area contributed by atoms with Gasteiger partial charge in [-0.15, -0.1) is 11.6 Å². The number of halogens is 1. The standard InChI is InChI=1S/C19H23ClO/c1-4-14(3)15-6-8-16(9-7-15)19(20)17-10-12-18(13-11-17)21-5-2/h6-14,19H,4-5H2,1-3H3. The van der Waals surface area contributed by atoms with Gasteiger partial charge in [-0.1, -0.05) is 50.2 Å². The van der Waals surface area contributed by atoms with E-state index in [1.807, 2.05) is 31.2 Å². The lowest BCUT2D eigenvalue weighted by molar-refractivity contribution is 0.340. The quantitative estimate of drug-likeness (QED) is 0.601. The Morgan fingerprint density at radius 3 is 1.81 bits per heavy atom. The van der Waals surface area contributed by atoms with Crippen LogP contribution in [-0.4, -0.2) is 6.61 Å². The van der Waals surface area contributed by atoms with E-state index in [0.717, 1.165) is 23.3 Å². The molecule has 0 heterocycles. The van der Waals surface area contributed by atoms with Crippen LogP contribution in [0.1, 0.15) is 55.2 Å². The van der Waals surface area contributed by atoms with E-state index in [1.165, 1.54) is 5.56 Å². The van der Waals surface area contributed by atoms with Crippen molar-refractivity contribution in [3.8, 4) is 5.75 Å². The van der Waals surface area contributed by atoms with Gasteiger partial charge in [-0.05, 0) is 48.1 Å². The molecular formula is C19H23ClO. The van der Waals surface area contributed by atoms with Gasteiger partial charge in [0.1, 0.15) is 5.75 Å². The molecule has 21 heavy (non-hydrogen) atoms. The Morgan fingerprint density at radius 1 is 0.857 bits per heavy atom. The van der Waals surface area contributed by atoms with E-state index in [0.29, 0.717) is 12.5 Å². The van der Waals surface area contributed by atoms with Crippen LogP contribution < -0.4 is 4.74 Å². The molecule has 2 aromatic rings. The van der Waals surface area contributed by atoms with Gasteiger partial charge >= 0.3 is 0 Å². The van der Waals surface area contributed by atoms with Crippen LogP contribution in [0.15, 0.2) is 48.5 Å². The van der Waals surface area contributed by atoms with E-state index in [4.69, 9.17) is 16.3 Å². The van der Waals surface area contributed by atoms with Crippen molar-refractivity contribution in [3.63, 3.8) is 0 Å². The van der Waals surface area contributed by atoms with Gasteiger partial charge < -0.3 is 4.74 Å². The van der Waals surface area contributed by atoms with Gasteiger partial charge in [0.2, 0.25) is 0 Å². The lowest BCUT2D eigenvalue weighted by Gasteiger charge is -2.14. The van der Waals surface area contributed by atoms with Crippen LogP contribution in [0.2, 0.25) is 0 Å².